The van der Waals surface area contributed by atoms with E-state index in [2.05, 4.69) is 5.32 Å². The van der Waals surface area contributed by atoms with E-state index in [1.54, 1.807) is 49.5 Å². The largest absolute Gasteiger partial charge is 0.494 e. The highest BCUT2D eigenvalue weighted by Crippen LogP contribution is 2.30. The van der Waals surface area contributed by atoms with Crippen molar-refractivity contribution in [3.63, 3.8) is 0 Å². The molecule has 0 saturated carbocycles. The molecule has 9 nitrogen and oxygen atoms in total. The molecule has 0 aromatic heterocycles. The van der Waals surface area contributed by atoms with Gasteiger partial charge in [0, 0.05) is 38.3 Å². The molecule has 1 aliphatic heterocycles. The van der Waals surface area contributed by atoms with Crippen LogP contribution in [0.4, 0.5) is 4.79 Å². The summed E-state index contributed by atoms with van der Waals surface area (Å²) in [7, 11) is -0.520. The highest BCUT2D eigenvalue weighted by Gasteiger charge is 2.30. The molecule has 174 valence electrons. The minimum atomic E-state index is -3.63. The molecule has 0 bridgehead atoms. The van der Waals surface area contributed by atoms with Crippen LogP contribution in [0.25, 0.3) is 0 Å². The van der Waals surface area contributed by atoms with Crippen LogP contribution in [0, 0.1) is 0 Å². The number of amides is 2. The maximum absolute atomic E-state index is 12.9. The number of ether oxygens (including phenoxy) is 3. The minimum absolute atomic E-state index is 0.212. The number of sulfonamides is 1. The van der Waals surface area contributed by atoms with E-state index < -0.39 is 10.0 Å². The number of urea groups is 1. The Morgan fingerprint density at radius 2 is 1.69 bits per heavy atom. The van der Waals surface area contributed by atoms with Gasteiger partial charge in [0.25, 0.3) is 0 Å². The maximum atomic E-state index is 12.9. The van der Waals surface area contributed by atoms with Crippen LogP contribution in [-0.2, 0) is 16.6 Å². The van der Waals surface area contributed by atoms with Crippen LogP contribution in [-0.4, -0.2) is 70.7 Å². The smallest absolute Gasteiger partial charge is 0.317 e. The van der Waals surface area contributed by atoms with Crippen molar-refractivity contribution >= 4 is 16.1 Å². The molecule has 3 rings (SSSR count). The normalized spacial score (nSPS) is 14.7. The predicted octanol–water partition coefficient (Wildman–Crippen LogP) is 2.32. The van der Waals surface area contributed by atoms with Crippen molar-refractivity contribution in [2.75, 3.05) is 47.0 Å². The van der Waals surface area contributed by atoms with Crippen molar-refractivity contribution in [1.82, 2.24) is 14.5 Å². The SMILES string of the molecule is CCOc1ccc(S(=O)(=O)N2CCN(C(=O)NCc3cccc(OC)c3OC)CC2)cc1. The number of nitrogens with zero attached hydrogens (tertiary/aromatic N) is 2. The standard InChI is InChI=1S/C22H29N3O6S/c1-4-31-18-8-10-19(11-9-18)32(27,28)25-14-12-24(13-15-25)22(26)23-16-17-6-5-7-20(29-2)21(17)30-3/h5-11H,4,12-16H2,1-3H3,(H,23,26). The Balaban J connectivity index is 1.56. The van der Waals surface area contributed by atoms with Gasteiger partial charge in [0.1, 0.15) is 5.75 Å². The van der Waals surface area contributed by atoms with Crippen LogP contribution in [0.15, 0.2) is 47.4 Å². The van der Waals surface area contributed by atoms with E-state index in [1.807, 2.05) is 19.1 Å². The van der Waals surface area contributed by atoms with Crippen LogP contribution in [0.1, 0.15) is 12.5 Å². The van der Waals surface area contributed by atoms with Crippen LogP contribution in [0.3, 0.4) is 0 Å². The van der Waals surface area contributed by atoms with Gasteiger partial charge in [0.15, 0.2) is 11.5 Å². The Morgan fingerprint density at radius 3 is 2.28 bits per heavy atom. The molecule has 1 N–H and O–H groups in total. The molecule has 0 atom stereocenters. The number of hydrogen-bond acceptors (Lipinski definition) is 6. The summed E-state index contributed by atoms with van der Waals surface area (Å²) in [5.41, 5.74) is 0.789. The topological polar surface area (TPSA) is 97.4 Å². The summed E-state index contributed by atoms with van der Waals surface area (Å²) in [6.07, 6.45) is 0. The van der Waals surface area contributed by atoms with E-state index in [9.17, 15) is 13.2 Å². The molecule has 1 aliphatic rings. The molecule has 2 amide bonds. The van der Waals surface area contributed by atoms with Crippen LogP contribution in [0.2, 0.25) is 0 Å². The van der Waals surface area contributed by atoms with Crippen LogP contribution in [0.5, 0.6) is 17.2 Å². The summed E-state index contributed by atoms with van der Waals surface area (Å²) < 4.78 is 43.3. The van der Waals surface area contributed by atoms with Crippen LogP contribution < -0.4 is 19.5 Å². The number of carbonyl (C=O) groups excluding carboxylic acids is 1. The highest BCUT2D eigenvalue weighted by atomic mass is 32.2. The first-order valence-corrected chi connectivity index (χ1v) is 11.8. The molecule has 0 spiro atoms. The van der Waals surface area contributed by atoms with Gasteiger partial charge < -0.3 is 24.4 Å². The molecular formula is C22H29N3O6S. The monoisotopic (exact) mass is 463 g/mol. The Morgan fingerprint density at radius 1 is 1.00 bits per heavy atom. The predicted molar refractivity (Wildman–Crippen MR) is 120 cm³/mol. The average Bonchev–Trinajstić information content (AvgIpc) is 2.82. The molecule has 32 heavy (non-hydrogen) atoms. The van der Waals surface area contributed by atoms with Crippen molar-refractivity contribution in [1.29, 1.82) is 0 Å². The fourth-order valence-corrected chi connectivity index (χ4v) is 4.95. The average molecular weight is 464 g/mol. The number of rotatable bonds is 8. The fraction of sp³-hybridized carbons (Fsp3) is 0.409. The van der Waals surface area contributed by atoms with Crippen LogP contribution >= 0.6 is 0 Å². The summed E-state index contributed by atoms with van der Waals surface area (Å²) >= 11 is 0. The molecule has 1 saturated heterocycles. The van der Waals surface area contributed by atoms with Gasteiger partial charge in [0.05, 0.1) is 25.7 Å². The zero-order valence-electron chi connectivity index (χ0n) is 18.5. The molecule has 1 fully saturated rings. The minimum Gasteiger partial charge on any atom is -0.494 e. The second-order valence-corrected chi connectivity index (χ2v) is 9.04. The van der Waals surface area contributed by atoms with Gasteiger partial charge in [-0.2, -0.15) is 4.31 Å². The Kier molecular flexibility index (Phi) is 7.81. The first kappa shape index (κ1) is 23.7. The molecule has 0 unspecified atom stereocenters. The maximum Gasteiger partial charge on any atom is 0.317 e. The molecular weight excluding hydrogens is 434 g/mol. The molecule has 10 heteroatoms. The van der Waals surface area contributed by atoms with E-state index in [4.69, 9.17) is 14.2 Å². The number of hydrogen-bond donors (Lipinski definition) is 1. The van der Waals surface area contributed by atoms with Crippen molar-refractivity contribution < 1.29 is 27.4 Å². The highest BCUT2D eigenvalue weighted by molar-refractivity contribution is 7.89. The van der Waals surface area contributed by atoms with Gasteiger partial charge in [-0.25, -0.2) is 13.2 Å². The number of benzene rings is 2. The second-order valence-electron chi connectivity index (χ2n) is 7.11. The van der Waals surface area contributed by atoms with E-state index >= 15 is 0 Å². The lowest BCUT2D eigenvalue weighted by Gasteiger charge is -2.34. The van der Waals surface area contributed by atoms with E-state index in [-0.39, 0.29) is 30.6 Å². The summed E-state index contributed by atoms with van der Waals surface area (Å²) in [6, 6.07) is 11.6. The lowest BCUT2D eigenvalue weighted by Crippen LogP contribution is -2.52. The first-order chi connectivity index (χ1) is 15.4. The van der Waals surface area contributed by atoms with Gasteiger partial charge >= 0.3 is 6.03 Å². The Bertz CT molecular complexity index is 1020. The summed E-state index contributed by atoms with van der Waals surface area (Å²) in [5.74, 6) is 1.79. The Labute approximate surface area is 188 Å². The fourth-order valence-electron chi connectivity index (χ4n) is 3.53. The van der Waals surface area contributed by atoms with Crippen molar-refractivity contribution in [3.8, 4) is 17.2 Å². The summed E-state index contributed by atoms with van der Waals surface area (Å²) in [4.78, 5) is 14.4. The van der Waals surface area contributed by atoms with Gasteiger partial charge in [-0.3, -0.25) is 0 Å². The lowest BCUT2D eigenvalue weighted by atomic mass is 10.2. The molecule has 0 aliphatic carbocycles. The third-order valence-electron chi connectivity index (χ3n) is 5.21. The van der Waals surface area contributed by atoms with E-state index in [0.717, 1.165) is 5.56 Å². The van der Waals surface area contributed by atoms with Crippen molar-refractivity contribution in [3.05, 3.63) is 48.0 Å². The number of para-hydroxylation sites is 1. The van der Waals surface area contributed by atoms with Gasteiger partial charge in [-0.1, -0.05) is 12.1 Å². The third kappa shape index (κ3) is 5.25. The molecule has 0 radical (unpaired) electrons. The summed E-state index contributed by atoms with van der Waals surface area (Å²) in [5, 5.41) is 2.87. The molecule has 2 aromatic rings. The van der Waals surface area contributed by atoms with E-state index in [1.165, 1.54) is 4.31 Å². The quantitative estimate of drug-likeness (QED) is 0.645. The number of nitrogens with one attached hydrogen (secondary N) is 1. The third-order valence-corrected chi connectivity index (χ3v) is 7.13. The number of methoxy groups -OCH3 is 2. The lowest BCUT2D eigenvalue weighted by molar-refractivity contribution is 0.172. The van der Waals surface area contributed by atoms with Gasteiger partial charge in [-0.05, 0) is 37.3 Å². The molecule has 2 aromatic carbocycles. The zero-order chi connectivity index (χ0) is 23.1. The Hall–Kier alpha value is -2.98. The van der Waals surface area contributed by atoms with Crippen molar-refractivity contribution in [2.45, 2.75) is 18.4 Å². The zero-order valence-corrected chi connectivity index (χ0v) is 19.4. The van der Waals surface area contributed by atoms with Gasteiger partial charge in [-0.15, -0.1) is 0 Å². The summed E-state index contributed by atoms with van der Waals surface area (Å²) in [6.45, 7) is 3.71. The van der Waals surface area contributed by atoms with Crippen molar-refractivity contribution in [2.24, 2.45) is 0 Å². The number of carbonyl (C=O) groups is 1. The molecule has 1 heterocycles. The van der Waals surface area contributed by atoms with E-state index in [0.29, 0.717) is 36.9 Å². The second kappa shape index (κ2) is 10.6. The number of piperazine rings is 1. The first-order valence-electron chi connectivity index (χ1n) is 10.4. The van der Waals surface area contributed by atoms with Gasteiger partial charge in [0.2, 0.25) is 10.0 Å².